The minimum Gasteiger partial charge on any atom is -0.462 e. The van der Waals surface area contributed by atoms with Crippen molar-refractivity contribution in [3.63, 3.8) is 0 Å². The van der Waals surface area contributed by atoms with E-state index in [0.717, 1.165) is 50.3 Å². The molecule has 0 radical (unpaired) electrons. The number of halogens is 1. The molecule has 0 atom stereocenters. The maximum Gasteiger partial charge on any atom is 0.136 e. The highest BCUT2D eigenvalue weighted by Crippen LogP contribution is 2.47. The van der Waals surface area contributed by atoms with Gasteiger partial charge in [0, 0.05) is 21.7 Å². The molecule has 6 aromatic rings. The Morgan fingerprint density at radius 1 is 0.558 bits per heavy atom. The predicted octanol–water partition coefficient (Wildman–Crippen LogP) is 12.5. The molecule has 2 nitrogen and oxygen atoms in total. The average Bonchev–Trinajstić information content (AvgIpc) is 3.40. The maximum atomic E-state index is 6.89. The van der Waals surface area contributed by atoms with Crippen molar-refractivity contribution in [2.75, 3.05) is 4.90 Å². The van der Waals surface area contributed by atoms with E-state index in [-0.39, 0.29) is 10.8 Å². The van der Waals surface area contributed by atoms with E-state index in [4.69, 9.17) is 16.0 Å². The maximum absolute atomic E-state index is 6.89. The van der Waals surface area contributed by atoms with Gasteiger partial charge in [0.25, 0.3) is 0 Å². The quantitative estimate of drug-likeness (QED) is 0.201. The van der Waals surface area contributed by atoms with Gasteiger partial charge in [0.15, 0.2) is 0 Å². The zero-order valence-corrected chi connectivity index (χ0v) is 26.5. The van der Waals surface area contributed by atoms with E-state index in [1.807, 2.05) is 24.5 Å². The molecule has 1 aromatic heterocycles. The Morgan fingerprint density at radius 3 is 1.81 bits per heavy atom. The molecule has 43 heavy (non-hydrogen) atoms. The van der Waals surface area contributed by atoms with Crippen LogP contribution in [0.5, 0.6) is 0 Å². The van der Waals surface area contributed by atoms with Crippen molar-refractivity contribution in [2.45, 2.75) is 52.4 Å². The third-order valence-corrected chi connectivity index (χ3v) is 8.31. The van der Waals surface area contributed by atoms with Crippen LogP contribution < -0.4 is 4.90 Å². The lowest BCUT2D eigenvalue weighted by molar-refractivity contribution is 0.589. The highest BCUT2D eigenvalue weighted by molar-refractivity contribution is 6.31. The van der Waals surface area contributed by atoms with Gasteiger partial charge in [-0.3, -0.25) is 0 Å². The normalized spacial score (nSPS) is 12.1. The van der Waals surface area contributed by atoms with Crippen molar-refractivity contribution in [2.24, 2.45) is 0 Å². The number of hydrogen-bond acceptors (Lipinski definition) is 2. The van der Waals surface area contributed by atoms with E-state index >= 15 is 0 Å². The second-order valence-corrected chi connectivity index (χ2v) is 13.8. The molecular formula is C40H38ClNO. The molecule has 1 heterocycles. The number of anilines is 3. The summed E-state index contributed by atoms with van der Waals surface area (Å²) in [5.74, 6) is 0. The Labute approximate surface area is 260 Å². The summed E-state index contributed by atoms with van der Waals surface area (Å²) in [5.41, 5.74) is 10.9. The molecule has 0 amide bonds. The SMILES string of the molecule is CC(C)(C)c1ccc(N(c2cc(Cl)cc(-c3ccccc3)c2)c2coc3ccc(C(C)(C)C)cc23)c(-c2ccccc2)c1. The van der Waals surface area contributed by atoms with Gasteiger partial charge in [-0.2, -0.15) is 0 Å². The summed E-state index contributed by atoms with van der Waals surface area (Å²) in [6, 6.07) is 40.7. The summed E-state index contributed by atoms with van der Waals surface area (Å²) >= 11 is 6.89. The largest absolute Gasteiger partial charge is 0.462 e. The Bertz CT molecular complexity index is 1890. The van der Waals surface area contributed by atoms with Gasteiger partial charge in [-0.05, 0) is 81.1 Å². The third kappa shape index (κ3) is 5.85. The van der Waals surface area contributed by atoms with Crippen molar-refractivity contribution in [1.29, 1.82) is 0 Å². The monoisotopic (exact) mass is 583 g/mol. The van der Waals surface area contributed by atoms with E-state index in [2.05, 4.69) is 144 Å². The van der Waals surface area contributed by atoms with Crippen molar-refractivity contribution >= 4 is 39.6 Å². The summed E-state index contributed by atoms with van der Waals surface area (Å²) in [7, 11) is 0. The minimum absolute atomic E-state index is 0.00630. The molecule has 0 aliphatic rings. The van der Waals surface area contributed by atoms with Crippen molar-refractivity contribution in [1.82, 2.24) is 0 Å². The van der Waals surface area contributed by atoms with Crippen molar-refractivity contribution in [3.8, 4) is 22.3 Å². The number of hydrogen-bond donors (Lipinski definition) is 0. The highest BCUT2D eigenvalue weighted by atomic mass is 35.5. The minimum atomic E-state index is -0.00658. The Balaban J connectivity index is 1.67. The summed E-state index contributed by atoms with van der Waals surface area (Å²) < 4.78 is 6.23. The molecule has 5 aromatic carbocycles. The first-order chi connectivity index (χ1) is 20.5. The van der Waals surface area contributed by atoms with E-state index in [1.54, 1.807) is 0 Å². The van der Waals surface area contributed by atoms with Crippen LogP contribution in [0.25, 0.3) is 33.2 Å². The van der Waals surface area contributed by atoms with Crippen LogP contribution in [0, 0.1) is 0 Å². The molecule has 216 valence electrons. The summed E-state index contributed by atoms with van der Waals surface area (Å²) in [5, 5.41) is 1.74. The number of furan rings is 1. The van der Waals surface area contributed by atoms with E-state index in [9.17, 15) is 0 Å². The highest BCUT2D eigenvalue weighted by Gasteiger charge is 2.25. The molecule has 0 aliphatic heterocycles. The van der Waals surface area contributed by atoms with Crippen LogP contribution in [0.2, 0.25) is 5.02 Å². The number of rotatable bonds is 5. The molecule has 0 N–H and O–H groups in total. The second-order valence-electron chi connectivity index (χ2n) is 13.3. The Kier molecular flexibility index (Phi) is 7.44. The lowest BCUT2D eigenvalue weighted by Crippen LogP contribution is -2.15. The molecule has 0 bridgehead atoms. The number of fused-ring (bicyclic) bond motifs is 1. The number of benzene rings is 5. The number of nitrogens with zero attached hydrogens (tertiary/aromatic N) is 1. The van der Waals surface area contributed by atoms with E-state index in [1.165, 1.54) is 11.1 Å². The second kappa shape index (κ2) is 11.1. The van der Waals surface area contributed by atoms with Gasteiger partial charge < -0.3 is 9.32 Å². The van der Waals surface area contributed by atoms with Gasteiger partial charge in [-0.15, -0.1) is 0 Å². The lowest BCUT2D eigenvalue weighted by atomic mass is 9.84. The average molecular weight is 584 g/mol. The fourth-order valence-corrected chi connectivity index (χ4v) is 5.84. The van der Waals surface area contributed by atoms with Crippen LogP contribution in [-0.2, 0) is 10.8 Å². The first kappa shape index (κ1) is 28.8. The van der Waals surface area contributed by atoms with Gasteiger partial charge in [-0.25, -0.2) is 0 Å². The predicted molar refractivity (Wildman–Crippen MR) is 184 cm³/mol. The van der Waals surface area contributed by atoms with Gasteiger partial charge in [0.2, 0.25) is 0 Å². The summed E-state index contributed by atoms with van der Waals surface area (Å²) in [6.07, 6.45) is 1.88. The Hall–Kier alpha value is -4.27. The van der Waals surface area contributed by atoms with Gasteiger partial charge >= 0.3 is 0 Å². The zero-order chi connectivity index (χ0) is 30.4. The fourth-order valence-electron chi connectivity index (χ4n) is 5.61. The molecule has 6 rings (SSSR count). The zero-order valence-electron chi connectivity index (χ0n) is 25.8. The van der Waals surface area contributed by atoms with Crippen LogP contribution in [-0.4, -0.2) is 0 Å². The van der Waals surface area contributed by atoms with Crippen LogP contribution in [0.4, 0.5) is 17.1 Å². The smallest absolute Gasteiger partial charge is 0.136 e. The molecule has 0 fully saturated rings. The van der Waals surface area contributed by atoms with Crippen LogP contribution in [0.15, 0.2) is 126 Å². The molecule has 0 saturated heterocycles. The van der Waals surface area contributed by atoms with Gasteiger partial charge in [-0.1, -0.05) is 126 Å². The van der Waals surface area contributed by atoms with Crippen molar-refractivity contribution in [3.05, 3.63) is 138 Å². The third-order valence-electron chi connectivity index (χ3n) is 8.10. The summed E-state index contributed by atoms with van der Waals surface area (Å²) in [6.45, 7) is 13.5. The molecule has 0 unspecified atom stereocenters. The van der Waals surface area contributed by atoms with Crippen LogP contribution in [0.3, 0.4) is 0 Å². The Morgan fingerprint density at radius 2 is 1.16 bits per heavy atom. The molecular weight excluding hydrogens is 546 g/mol. The molecule has 0 spiro atoms. The van der Waals surface area contributed by atoms with Crippen LogP contribution >= 0.6 is 11.6 Å². The van der Waals surface area contributed by atoms with Crippen molar-refractivity contribution < 1.29 is 4.42 Å². The van der Waals surface area contributed by atoms with Gasteiger partial charge in [0.1, 0.15) is 11.8 Å². The lowest BCUT2D eigenvalue weighted by Gasteiger charge is -2.29. The topological polar surface area (TPSA) is 16.4 Å². The summed E-state index contributed by atoms with van der Waals surface area (Å²) in [4.78, 5) is 2.31. The van der Waals surface area contributed by atoms with E-state index < -0.39 is 0 Å². The van der Waals surface area contributed by atoms with Gasteiger partial charge in [0.05, 0.1) is 11.4 Å². The van der Waals surface area contributed by atoms with E-state index in [0.29, 0.717) is 5.02 Å². The molecule has 0 aliphatic carbocycles. The first-order valence-electron chi connectivity index (χ1n) is 14.9. The molecule has 3 heteroatoms. The fraction of sp³-hybridized carbons (Fsp3) is 0.200. The first-order valence-corrected chi connectivity index (χ1v) is 15.2. The van der Waals surface area contributed by atoms with Crippen LogP contribution in [0.1, 0.15) is 52.7 Å². The standard InChI is InChI=1S/C40H38ClNO/c1-39(2,3)30-17-19-36(34(23-30)28-15-11-8-12-16-28)42(33-22-29(21-32(41)25-33)27-13-9-7-10-14-27)37-26-43-38-20-18-31(24-35(37)38)40(4,5)6/h7-26H,1-6H3. The molecule has 0 saturated carbocycles.